The maximum atomic E-state index is 5.66. The molecule has 0 aliphatic heterocycles. The van der Waals surface area contributed by atoms with E-state index < -0.39 is 0 Å². The van der Waals surface area contributed by atoms with Crippen molar-refractivity contribution in [2.45, 2.75) is 6.92 Å². The predicted molar refractivity (Wildman–Crippen MR) is 141 cm³/mol. The van der Waals surface area contributed by atoms with Gasteiger partial charge in [-0.3, -0.25) is 4.98 Å². The molecular weight excluding hydrogens is 472 g/mol. The van der Waals surface area contributed by atoms with Gasteiger partial charge >= 0.3 is 0 Å². The summed E-state index contributed by atoms with van der Waals surface area (Å²) in [5.74, 6) is 1.44. The Morgan fingerprint density at radius 1 is 0.972 bits per heavy atom. The fourth-order valence-corrected chi connectivity index (χ4v) is 4.54. The van der Waals surface area contributed by atoms with Crippen molar-refractivity contribution in [2.24, 2.45) is 10.1 Å². The van der Waals surface area contributed by atoms with Crippen LogP contribution in [0.15, 0.2) is 101 Å². The fraction of sp³-hybridized carbons (Fsp3) is 0.111. The molecule has 180 valence electrons. The molecule has 0 fully saturated rings. The summed E-state index contributed by atoms with van der Waals surface area (Å²) in [6.45, 7) is 1.98. The van der Waals surface area contributed by atoms with E-state index in [1.54, 1.807) is 39.1 Å². The first-order valence-electron chi connectivity index (χ1n) is 11.2. The van der Waals surface area contributed by atoms with Crippen LogP contribution in [-0.4, -0.2) is 39.1 Å². The molecule has 9 heteroatoms. The first-order chi connectivity index (χ1) is 17.7. The Morgan fingerprint density at radius 3 is 2.53 bits per heavy atom. The highest BCUT2D eigenvalue weighted by molar-refractivity contribution is 7.07. The average Bonchev–Trinajstić information content (AvgIpc) is 3.60. The second-order valence-electron chi connectivity index (χ2n) is 7.81. The largest absolute Gasteiger partial charge is 0.497 e. The van der Waals surface area contributed by atoms with Crippen LogP contribution in [0.25, 0.3) is 16.9 Å². The number of imidazole rings is 1. The molecule has 0 N–H and O–H groups in total. The summed E-state index contributed by atoms with van der Waals surface area (Å²) < 4.78 is 14.9. The second kappa shape index (κ2) is 10.4. The standard InChI is InChI=1S/C27H24N6O2S/c1-19(20-6-8-22(9-7-20)32-14-13-29-18-32)31-33-25(24-15-23(34-2)10-11-26(24)35-3)17-36-27(33)30-21-5-4-12-28-16-21/h4-18H,1-3H3. The van der Waals surface area contributed by atoms with Gasteiger partial charge in [-0.2, -0.15) is 5.10 Å². The lowest BCUT2D eigenvalue weighted by Crippen LogP contribution is -2.14. The van der Waals surface area contributed by atoms with E-state index in [9.17, 15) is 0 Å². The maximum absolute atomic E-state index is 5.66. The molecule has 0 amide bonds. The summed E-state index contributed by atoms with van der Waals surface area (Å²) >= 11 is 1.49. The Labute approximate surface area is 212 Å². The van der Waals surface area contributed by atoms with Crippen molar-refractivity contribution in [1.82, 2.24) is 19.2 Å². The van der Waals surface area contributed by atoms with Crippen LogP contribution in [0.1, 0.15) is 12.5 Å². The number of methoxy groups -OCH3 is 2. The summed E-state index contributed by atoms with van der Waals surface area (Å²) in [5.41, 5.74) is 5.30. The molecule has 0 atom stereocenters. The van der Waals surface area contributed by atoms with Gasteiger partial charge in [-0.1, -0.05) is 12.1 Å². The number of rotatable bonds is 7. The van der Waals surface area contributed by atoms with Crippen LogP contribution in [0.3, 0.4) is 0 Å². The van der Waals surface area contributed by atoms with Gasteiger partial charge in [0.25, 0.3) is 0 Å². The Balaban J connectivity index is 1.64. The molecule has 0 bridgehead atoms. The Bertz CT molecular complexity index is 1550. The molecule has 0 saturated carbocycles. The minimum absolute atomic E-state index is 0.706. The van der Waals surface area contributed by atoms with Gasteiger partial charge < -0.3 is 14.0 Å². The molecule has 5 rings (SSSR count). The monoisotopic (exact) mass is 496 g/mol. The van der Waals surface area contributed by atoms with Crippen LogP contribution in [0.5, 0.6) is 11.5 Å². The van der Waals surface area contributed by atoms with Crippen LogP contribution in [-0.2, 0) is 0 Å². The topological polar surface area (TPSA) is 78.8 Å². The highest BCUT2D eigenvalue weighted by Crippen LogP contribution is 2.34. The molecule has 5 aromatic rings. The van der Waals surface area contributed by atoms with Gasteiger partial charge in [0.15, 0.2) is 0 Å². The van der Waals surface area contributed by atoms with Crippen molar-refractivity contribution in [3.05, 3.63) is 101 Å². The number of thiazole rings is 1. The van der Waals surface area contributed by atoms with Gasteiger partial charge in [0.1, 0.15) is 11.5 Å². The van der Waals surface area contributed by atoms with Crippen LogP contribution in [0, 0.1) is 0 Å². The first-order valence-corrected chi connectivity index (χ1v) is 12.1. The smallest absolute Gasteiger partial charge is 0.211 e. The molecule has 0 saturated heterocycles. The zero-order valence-corrected chi connectivity index (χ0v) is 20.9. The number of ether oxygens (including phenoxy) is 2. The van der Waals surface area contributed by atoms with E-state index in [1.807, 2.05) is 82.3 Å². The Hall–Kier alpha value is -4.50. The maximum Gasteiger partial charge on any atom is 0.211 e. The molecule has 0 unspecified atom stereocenters. The number of hydrogen-bond acceptors (Lipinski definition) is 7. The quantitative estimate of drug-likeness (QED) is 0.286. The molecule has 8 nitrogen and oxygen atoms in total. The lowest BCUT2D eigenvalue weighted by Gasteiger charge is -2.12. The van der Waals surface area contributed by atoms with Crippen LogP contribution in [0.2, 0.25) is 0 Å². The molecule has 2 aromatic carbocycles. The van der Waals surface area contributed by atoms with Gasteiger partial charge in [-0.15, -0.1) is 11.3 Å². The Kier molecular flexibility index (Phi) is 6.72. The van der Waals surface area contributed by atoms with Crippen molar-refractivity contribution in [2.75, 3.05) is 14.2 Å². The lowest BCUT2D eigenvalue weighted by molar-refractivity contribution is 0.404. The number of nitrogens with zero attached hydrogens (tertiary/aromatic N) is 6. The highest BCUT2D eigenvalue weighted by atomic mass is 32.1. The average molecular weight is 497 g/mol. The van der Waals surface area contributed by atoms with E-state index in [4.69, 9.17) is 19.6 Å². The molecular formula is C27H24N6O2S. The molecule has 0 spiro atoms. The van der Waals surface area contributed by atoms with E-state index in [0.29, 0.717) is 10.6 Å². The summed E-state index contributed by atoms with van der Waals surface area (Å²) in [4.78, 5) is 13.8. The van der Waals surface area contributed by atoms with E-state index in [-0.39, 0.29) is 0 Å². The van der Waals surface area contributed by atoms with Gasteiger partial charge in [-0.05, 0) is 55.0 Å². The summed E-state index contributed by atoms with van der Waals surface area (Å²) in [6, 6.07) is 17.7. The molecule has 0 radical (unpaired) electrons. The predicted octanol–water partition coefficient (Wildman–Crippen LogP) is 5.32. The zero-order valence-electron chi connectivity index (χ0n) is 20.1. The minimum atomic E-state index is 0.706. The van der Waals surface area contributed by atoms with Crippen LogP contribution in [0.4, 0.5) is 5.69 Å². The van der Waals surface area contributed by atoms with Crippen LogP contribution >= 0.6 is 11.3 Å². The van der Waals surface area contributed by atoms with Gasteiger partial charge in [0, 0.05) is 35.2 Å². The molecule has 0 aliphatic rings. The minimum Gasteiger partial charge on any atom is -0.497 e. The van der Waals surface area contributed by atoms with E-state index >= 15 is 0 Å². The van der Waals surface area contributed by atoms with Crippen molar-refractivity contribution in [3.8, 4) is 28.4 Å². The molecule has 0 aliphatic carbocycles. The van der Waals surface area contributed by atoms with E-state index in [2.05, 4.69) is 9.97 Å². The normalized spacial score (nSPS) is 12.1. The van der Waals surface area contributed by atoms with Gasteiger partial charge in [0.2, 0.25) is 4.80 Å². The zero-order chi connectivity index (χ0) is 24.9. The van der Waals surface area contributed by atoms with E-state index in [1.165, 1.54) is 11.3 Å². The van der Waals surface area contributed by atoms with Gasteiger partial charge in [0.05, 0.1) is 43.8 Å². The number of aromatic nitrogens is 4. The number of benzene rings is 2. The summed E-state index contributed by atoms with van der Waals surface area (Å²) in [6.07, 6.45) is 8.90. The van der Waals surface area contributed by atoms with Crippen molar-refractivity contribution in [3.63, 3.8) is 0 Å². The SMILES string of the molecule is COc1ccc(OC)c(-c2csc(=Nc3cccnc3)n2N=C(C)c2ccc(-n3ccnc3)cc2)c1. The third-order valence-corrected chi connectivity index (χ3v) is 6.39. The fourth-order valence-electron chi connectivity index (χ4n) is 3.70. The number of pyridine rings is 1. The third kappa shape index (κ3) is 4.82. The van der Waals surface area contributed by atoms with Crippen molar-refractivity contribution >= 4 is 22.7 Å². The second-order valence-corrected chi connectivity index (χ2v) is 8.64. The number of hydrogen-bond donors (Lipinski definition) is 0. The molecule has 36 heavy (non-hydrogen) atoms. The van der Waals surface area contributed by atoms with Crippen LogP contribution < -0.4 is 14.3 Å². The molecule has 3 heterocycles. The summed E-state index contributed by atoms with van der Waals surface area (Å²) in [5, 5.41) is 7.02. The summed E-state index contributed by atoms with van der Waals surface area (Å²) in [7, 11) is 3.30. The van der Waals surface area contributed by atoms with E-state index in [0.717, 1.165) is 39.7 Å². The van der Waals surface area contributed by atoms with Crippen molar-refractivity contribution < 1.29 is 9.47 Å². The van der Waals surface area contributed by atoms with Gasteiger partial charge in [-0.25, -0.2) is 14.7 Å². The molecule has 3 aromatic heterocycles. The first kappa shape index (κ1) is 23.3. The lowest BCUT2D eigenvalue weighted by atomic mass is 10.1. The third-order valence-electron chi connectivity index (χ3n) is 5.58. The highest BCUT2D eigenvalue weighted by Gasteiger charge is 2.15. The Morgan fingerprint density at radius 2 is 1.83 bits per heavy atom. The van der Waals surface area contributed by atoms with Crippen molar-refractivity contribution in [1.29, 1.82) is 0 Å².